The van der Waals surface area contributed by atoms with Crippen molar-refractivity contribution in [3.05, 3.63) is 18.2 Å². The molecule has 96 valence electrons. The summed E-state index contributed by atoms with van der Waals surface area (Å²) in [5.74, 6) is 1.16. The molecule has 0 aliphatic carbocycles. The van der Waals surface area contributed by atoms with Crippen LogP contribution in [0.4, 0.5) is 0 Å². The Morgan fingerprint density at radius 2 is 1.83 bits per heavy atom. The van der Waals surface area contributed by atoms with E-state index in [0.717, 1.165) is 5.82 Å². The fraction of sp³-hybridized carbons (Fsp3) is 0.400. The van der Waals surface area contributed by atoms with Crippen LogP contribution in [0.25, 0.3) is 5.95 Å². The van der Waals surface area contributed by atoms with E-state index in [0.29, 0.717) is 18.9 Å². The summed E-state index contributed by atoms with van der Waals surface area (Å²) >= 11 is 0. The van der Waals surface area contributed by atoms with Crippen molar-refractivity contribution in [2.45, 2.75) is 6.42 Å². The van der Waals surface area contributed by atoms with Gasteiger partial charge in [0.05, 0.1) is 14.2 Å². The van der Waals surface area contributed by atoms with Crippen molar-refractivity contribution in [3.8, 4) is 18.0 Å². The SMILES string of the molecule is COc1nc(OC)nc(-n2ccnc2CCN)n1. The molecule has 8 heteroatoms. The normalized spacial score (nSPS) is 10.4. The van der Waals surface area contributed by atoms with Gasteiger partial charge in [0.2, 0.25) is 5.95 Å². The van der Waals surface area contributed by atoms with Crippen LogP contribution in [0, 0.1) is 0 Å². The molecule has 2 heterocycles. The van der Waals surface area contributed by atoms with E-state index in [-0.39, 0.29) is 12.0 Å². The molecule has 0 amide bonds. The fourth-order valence-corrected chi connectivity index (χ4v) is 1.45. The third-order valence-electron chi connectivity index (χ3n) is 2.25. The Hall–Kier alpha value is -2.22. The van der Waals surface area contributed by atoms with Crippen LogP contribution in [0.3, 0.4) is 0 Å². The summed E-state index contributed by atoms with van der Waals surface area (Å²) in [6, 6.07) is 0.369. The second-order valence-electron chi connectivity index (χ2n) is 3.36. The van der Waals surface area contributed by atoms with Crippen LogP contribution in [-0.4, -0.2) is 45.3 Å². The third-order valence-corrected chi connectivity index (χ3v) is 2.25. The van der Waals surface area contributed by atoms with E-state index >= 15 is 0 Å². The van der Waals surface area contributed by atoms with E-state index in [1.165, 1.54) is 14.2 Å². The molecule has 0 saturated carbocycles. The van der Waals surface area contributed by atoms with E-state index in [4.69, 9.17) is 15.2 Å². The zero-order valence-electron chi connectivity index (χ0n) is 10.2. The van der Waals surface area contributed by atoms with Crippen LogP contribution in [0.5, 0.6) is 12.0 Å². The van der Waals surface area contributed by atoms with E-state index in [9.17, 15) is 0 Å². The molecule has 0 bridgehead atoms. The summed E-state index contributed by atoms with van der Waals surface area (Å²) in [5, 5.41) is 0. The number of nitrogens with two attached hydrogens (primary N) is 1. The Morgan fingerprint density at radius 1 is 1.17 bits per heavy atom. The van der Waals surface area contributed by atoms with Gasteiger partial charge >= 0.3 is 12.0 Å². The van der Waals surface area contributed by atoms with Gasteiger partial charge in [0, 0.05) is 18.8 Å². The highest BCUT2D eigenvalue weighted by Crippen LogP contribution is 2.13. The second kappa shape index (κ2) is 5.41. The molecule has 0 unspecified atom stereocenters. The molecule has 0 fully saturated rings. The van der Waals surface area contributed by atoms with Gasteiger partial charge in [0.15, 0.2) is 0 Å². The summed E-state index contributed by atoms with van der Waals surface area (Å²) in [5.41, 5.74) is 5.52. The third kappa shape index (κ3) is 2.38. The standard InChI is InChI=1S/C10H14N6O2/c1-17-9-13-8(14-10(15-9)18-2)16-6-5-12-7(16)3-4-11/h5-6H,3-4,11H2,1-2H3. The topological polar surface area (TPSA) is 101 Å². The largest absolute Gasteiger partial charge is 0.467 e. The van der Waals surface area contributed by atoms with Crippen molar-refractivity contribution in [2.75, 3.05) is 20.8 Å². The Morgan fingerprint density at radius 3 is 2.39 bits per heavy atom. The van der Waals surface area contributed by atoms with Crippen LogP contribution < -0.4 is 15.2 Å². The average molecular weight is 250 g/mol. The molecule has 8 nitrogen and oxygen atoms in total. The predicted octanol–water partition coefficient (Wildman–Crippen LogP) is -0.424. The molecule has 2 rings (SSSR count). The maximum atomic E-state index is 5.52. The molecule has 18 heavy (non-hydrogen) atoms. The predicted molar refractivity (Wildman–Crippen MR) is 62.8 cm³/mol. The van der Waals surface area contributed by atoms with E-state index in [1.807, 2.05) is 0 Å². The van der Waals surface area contributed by atoms with Gasteiger partial charge in [0.25, 0.3) is 0 Å². The lowest BCUT2D eigenvalue weighted by Crippen LogP contribution is -2.12. The number of methoxy groups -OCH3 is 2. The summed E-state index contributed by atoms with van der Waals surface area (Å²) < 4.78 is 11.7. The first kappa shape index (κ1) is 12.2. The lowest BCUT2D eigenvalue weighted by molar-refractivity contribution is 0.338. The van der Waals surface area contributed by atoms with Crippen LogP contribution in [0.15, 0.2) is 12.4 Å². The van der Waals surface area contributed by atoms with Crippen molar-refractivity contribution in [3.63, 3.8) is 0 Å². The van der Waals surface area contributed by atoms with Crippen molar-refractivity contribution in [1.82, 2.24) is 24.5 Å². The Bertz CT molecular complexity index is 505. The molecule has 2 aromatic rings. The highest BCUT2D eigenvalue weighted by atomic mass is 16.5. The molecule has 0 saturated heterocycles. The summed E-state index contributed by atoms with van der Waals surface area (Å²) in [7, 11) is 2.96. The van der Waals surface area contributed by atoms with Crippen LogP contribution in [0.2, 0.25) is 0 Å². The van der Waals surface area contributed by atoms with E-state index in [1.54, 1.807) is 17.0 Å². The molecule has 0 aliphatic heterocycles. The lowest BCUT2D eigenvalue weighted by Gasteiger charge is -2.07. The van der Waals surface area contributed by atoms with Gasteiger partial charge in [-0.1, -0.05) is 0 Å². The van der Waals surface area contributed by atoms with Gasteiger partial charge in [-0.2, -0.15) is 9.97 Å². The molecule has 0 radical (unpaired) electrons. The van der Waals surface area contributed by atoms with Gasteiger partial charge in [0.1, 0.15) is 5.82 Å². The minimum absolute atomic E-state index is 0.184. The molecule has 0 spiro atoms. The van der Waals surface area contributed by atoms with Gasteiger partial charge in [-0.25, -0.2) is 4.98 Å². The first-order valence-corrected chi connectivity index (χ1v) is 5.35. The molecule has 0 aromatic carbocycles. The van der Waals surface area contributed by atoms with Crippen LogP contribution in [-0.2, 0) is 6.42 Å². The van der Waals surface area contributed by atoms with Gasteiger partial charge < -0.3 is 15.2 Å². The number of aromatic nitrogens is 5. The summed E-state index contributed by atoms with van der Waals surface area (Å²) in [4.78, 5) is 16.4. The monoisotopic (exact) mass is 250 g/mol. The maximum absolute atomic E-state index is 5.52. The van der Waals surface area contributed by atoms with Crippen molar-refractivity contribution < 1.29 is 9.47 Å². The molecule has 2 N–H and O–H groups in total. The number of rotatable bonds is 5. The molecular formula is C10H14N6O2. The molecule has 0 atom stereocenters. The summed E-state index contributed by atoms with van der Waals surface area (Å²) in [6.07, 6.45) is 4.04. The van der Waals surface area contributed by atoms with Gasteiger partial charge in [-0.05, 0) is 6.54 Å². The summed E-state index contributed by atoms with van der Waals surface area (Å²) in [6.45, 7) is 0.496. The smallest absolute Gasteiger partial charge is 0.324 e. The number of nitrogens with zero attached hydrogens (tertiary/aromatic N) is 5. The van der Waals surface area contributed by atoms with Gasteiger partial charge in [-0.15, -0.1) is 4.98 Å². The number of ether oxygens (including phenoxy) is 2. The van der Waals surface area contributed by atoms with E-state index in [2.05, 4.69) is 19.9 Å². The highest BCUT2D eigenvalue weighted by Gasteiger charge is 2.11. The van der Waals surface area contributed by atoms with E-state index < -0.39 is 0 Å². The molecule has 0 aliphatic rings. The lowest BCUT2D eigenvalue weighted by atomic mass is 10.4. The zero-order chi connectivity index (χ0) is 13.0. The van der Waals surface area contributed by atoms with Crippen LogP contribution >= 0.6 is 0 Å². The molecule has 2 aromatic heterocycles. The number of imidazole rings is 1. The van der Waals surface area contributed by atoms with Crippen molar-refractivity contribution in [2.24, 2.45) is 5.73 Å². The fourth-order valence-electron chi connectivity index (χ4n) is 1.45. The number of hydrogen-bond donors (Lipinski definition) is 1. The Balaban J connectivity index is 2.45. The van der Waals surface area contributed by atoms with Crippen molar-refractivity contribution in [1.29, 1.82) is 0 Å². The minimum atomic E-state index is 0.184. The number of hydrogen-bond acceptors (Lipinski definition) is 7. The van der Waals surface area contributed by atoms with Crippen molar-refractivity contribution >= 4 is 0 Å². The van der Waals surface area contributed by atoms with Crippen LogP contribution in [0.1, 0.15) is 5.82 Å². The maximum Gasteiger partial charge on any atom is 0.324 e. The quantitative estimate of drug-likeness (QED) is 0.768. The average Bonchev–Trinajstić information content (AvgIpc) is 2.87. The Kier molecular flexibility index (Phi) is 3.68. The second-order valence-corrected chi connectivity index (χ2v) is 3.36. The first-order valence-electron chi connectivity index (χ1n) is 5.35. The minimum Gasteiger partial charge on any atom is -0.467 e. The zero-order valence-corrected chi connectivity index (χ0v) is 10.2. The van der Waals surface area contributed by atoms with Gasteiger partial charge in [-0.3, -0.25) is 4.57 Å². The highest BCUT2D eigenvalue weighted by molar-refractivity contribution is 5.20. The Labute approximate surface area is 104 Å². The first-order chi connectivity index (χ1) is 8.78. The molecular weight excluding hydrogens is 236 g/mol.